The highest BCUT2D eigenvalue weighted by molar-refractivity contribution is 6.31. The highest BCUT2D eigenvalue weighted by Crippen LogP contribution is 2.53. The molecule has 6 aliphatic rings. The Kier molecular flexibility index (Phi) is 27.0. The van der Waals surface area contributed by atoms with Gasteiger partial charge in [0, 0.05) is 49.5 Å². The first kappa shape index (κ1) is 80.2. The summed E-state index contributed by atoms with van der Waals surface area (Å²) in [7, 11) is 2.39. The SMILES string of the molecule is CC[C@@H]1O[C@@H](O[C@H]2[C@H](O)[C@@H](O)[C@@H](O[C@H]3[C@H](O)[C@@H](O)[C@@H](OC)O[C@@H]3COCC(=O)O)O[C@@H]2COCC(=O)NCC(=O)NCC(=O)N[C@@H](Cc2ccccc2)C(=O)NCC(=O)N[C@H]2C[C@H](O[C@H]3C[C@](O)(C(=O)CO)Cc4c(O)c5c(c(O)c43)C(=O)c3c(OC)cccc3C5=O)O[C@@H](C)[C@H]2O)[C@@H](O)[C@H](O)[C@H]1O. The van der Waals surface area contributed by atoms with Gasteiger partial charge in [0.05, 0.1) is 81.0 Å². The lowest BCUT2D eigenvalue weighted by atomic mass is 9.72. The number of benzene rings is 3. The van der Waals surface area contributed by atoms with Crippen LogP contribution in [0.5, 0.6) is 17.2 Å². The van der Waals surface area contributed by atoms with Gasteiger partial charge in [0.15, 0.2) is 36.7 Å². The standard InChI is InChI=1S/C66H85N5O33/c1-5-32-51(83)54(86)57(89)64(100-32)103-61-36(102-65(59(91)56(61)88)104-60-35(23-97-25-42(78)79)101-63(95-4)58(90)55(60)87)22-96-24-41(77)68-18-38(74)67-19-39(75)71-31(14-27-10-7-6-8-11-27)62(92)69-20-40(76)70-30-15-43(98-26(2)48(30)80)99-34-17-66(93,37(73)21-72)16-29-45(34)53(85)47-46(50(29)82)49(81)28-12-9-13-33(94-3)44(28)52(47)84/h6-13,26,30-32,34-36,43,48,51,54-61,63-65,72,80,82-83,85-91,93H,5,14-25H2,1-4H3,(H,67,74)(H,68,77)(H,69,92)(H,70,76)(H,71,75)(H,78,79)/t26-,30-,31-,32-,34-,35+,36+,43-,48+,51-,54+,55+,56+,57-,58+,59+,60+,61+,63-,64-,65+,66-/m0/s1. The van der Waals surface area contributed by atoms with Crippen molar-refractivity contribution < 1.29 is 162 Å². The van der Waals surface area contributed by atoms with Crippen LogP contribution < -0.4 is 31.3 Å². The van der Waals surface area contributed by atoms with Crippen LogP contribution in [0.3, 0.4) is 0 Å². The van der Waals surface area contributed by atoms with Crippen molar-refractivity contribution in [1.29, 1.82) is 0 Å². The smallest absolute Gasteiger partial charge is 0.329 e. The van der Waals surface area contributed by atoms with Gasteiger partial charge < -0.3 is 145 Å². The molecule has 0 aromatic heterocycles. The number of phenolic OH excluding ortho intramolecular Hbond substituents is 2. The summed E-state index contributed by atoms with van der Waals surface area (Å²) in [6.07, 6.45) is -33.7. The van der Waals surface area contributed by atoms with E-state index in [1.54, 1.807) is 37.3 Å². The first-order valence-electron chi connectivity index (χ1n) is 33.0. The third-order valence-electron chi connectivity index (χ3n) is 18.5. The van der Waals surface area contributed by atoms with Crippen LogP contribution in [0.2, 0.25) is 0 Å². The Morgan fingerprint density at radius 1 is 0.625 bits per heavy atom. The number of aliphatic carboxylic acids is 1. The second kappa shape index (κ2) is 35.0. The Morgan fingerprint density at radius 2 is 1.21 bits per heavy atom. The van der Waals surface area contributed by atoms with Gasteiger partial charge in [-0.25, -0.2) is 4.79 Å². The second-order valence-electron chi connectivity index (χ2n) is 25.6. The maximum absolute atomic E-state index is 14.2. The molecule has 22 atom stereocenters. The molecule has 3 aromatic rings. The molecular weight excluding hydrogens is 1390 g/mol. The molecule has 0 unspecified atom stereocenters. The van der Waals surface area contributed by atoms with Crippen molar-refractivity contribution in [2.75, 3.05) is 66.9 Å². The number of hydrogen-bond acceptors (Lipinski definition) is 32. The van der Waals surface area contributed by atoms with Gasteiger partial charge in [0.2, 0.25) is 35.3 Å². The largest absolute Gasteiger partial charge is 0.507 e. The second-order valence-corrected chi connectivity index (χ2v) is 25.6. The molecule has 0 saturated carbocycles. The summed E-state index contributed by atoms with van der Waals surface area (Å²) in [6, 6.07) is 9.80. The summed E-state index contributed by atoms with van der Waals surface area (Å²) in [5.41, 5.74) is -4.26. The van der Waals surface area contributed by atoms with Gasteiger partial charge in [-0.3, -0.25) is 38.4 Å². The number of carbonyl (C=O) groups excluding carboxylic acids is 8. The number of aliphatic hydroxyl groups is 10. The van der Waals surface area contributed by atoms with Crippen LogP contribution in [-0.2, 0) is 93.8 Å². The van der Waals surface area contributed by atoms with Crippen LogP contribution in [0, 0.1) is 0 Å². The Balaban J connectivity index is 0.790. The number of amides is 5. The number of carbonyl (C=O) groups is 9. The first-order valence-corrected chi connectivity index (χ1v) is 33.0. The van der Waals surface area contributed by atoms with Crippen molar-refractivity contribution in [2.24, 2.45) is 0 Å². The van der Waals surface area contributed by atoms with E-state index < -0.39 is 275 Å². The van der Waals surface area contributed by atoms with E-state index in [-0.39, 0.29) is 47.3 Å². The molecule has 5 amide bonds. The number of hydrogen-bond donors (Lipinski definition) is 18. The van der Waals surface area contributed by atoms with E-state index in [9.17, 15) is 104 Å². The summed E-state index contributed by atoms with van der Waals surface area (Å²) in [6.45, 7) is -3.49. The Bertz CT molecular complexity index is 3610. The fourth-order valence-electron chi connectivity index (χ4n) is 13.1. The minimum Gasteiger partial charge on any atom is -0.507 e. The third-order valence-corrected chi connectivity index (χ3v) is 18.5. The van der Waals surface area contributed by atoms with E-state index in [1.165, 1.54) is 32.2 Å². The quantitative estimate of drug-likeness (QED) is 0.0216. The number of rotatable bonds is 30. The van der Waals surface area contributed by atoms with E-state index in [4.69, 9.17) is 57.2 Å². The fourth-order valence-corrected chi connectivity index (χ4v) is 13.1. The van der Waals surface area contributed by atoms with E-state index >= 15 is 0 Å². The lowest BCUT2D eigenvalue weighted by molar-refractivity contribution is -0.378. The summed E-state index contributed by atoms with van der Waals surface area (Å²) in [5, 5.41) is 154. The average molecular weight is 1480 g/mol. The van der Waals surface area contributed by atoms with Crippen molar-refractivity contribution in [3.8, 4) is 17.2 Å². The van der Waals surface area contributed by atoms with E-state index in [0.717, 1.165) is 7.11 Å². The fraction of sp³-hybridized carbons (Fsp3) is 0.591. The molecule has 9 rings (SSSR count). The minimum absolute atomic E-state index is 0.0199. The van der Waals surface area contributed by atoms with Gasteiger partial charge in [-0.15, -0.1) is 0 Å². The van der Waals surface area contributed by atoms with Gasteiger partial charge >= 0.3 is 5.97 Å². The zero-order valence-electron chi connectivity index (χ0n) is 56.4. The molecule has 4 aliphatic heterocycles. The average Bonchev–Trinajstić information content (AvgIpc) is 0.710. The molecule has 4 fully saturated rings. The summed E-state index contributed by atoms with van der Waals surface area (Å²) in [5.74, 6) is -10.6. The third kappa shape index (κ3) is 18.0. The van der Waals surface area contributed by atoms with Crippen LogP contribution in [0.25, 0.3) is 0 Å². The number of phenols is 2. The molecule has 38 heteroatoms. The number of aromatic hydroxyl groups is 2. The molecule has 104 heavy (non-hydrogen) atoms. The van der Waals surface area contributed by atoms with Gasteiger partial charge in [0.25, 0.3) is 0 Å². The normalized spacial score (nSPS) is 31.9. The summed E-state index contributed by atoms with van der Waals surface area (Å²) < 4.78 is 62.3. The molecule has 4 heterocycles. The molecule has 18 N–H and O–H groups in total. The molecular formula is C66H85N5O33. The zero-order valence-corrected chi connectivity index (χ0v) is 56.4. The Labute approximate surface area is 591 Å². The number of ether oxygens (including phenoxy) is 11. The van der Waals surface area contributed by atoms with E-state index in [1.807, 2.05) is 0 Å². The van der Waals surface area contributed by atoms with Crippen LogP contribution in [0.4, 0.5) is 0 Å². The monoisotopic (exact) mass is 1480 g/mol. The summed E-state index contributed by atoms with van der Waals surface area (Å²) in [4.78, 5) is 120. The maximum atomic E-state index is 14.2. The maximum Gasteiger partial charge on any atom is 0.329 e. The summed E-state index contributed by atoms with van der Waals surface area (Å²) >= 11 is 0. The van der Waals surface area contributed by atoms with Crippen LogP contribution in [0.15, 0.2) is 48.5 Å². The predicted octanol–water partition coefficient (Wildman–Crippen LogP) is -7.12. The number of methoxy groups -OCH3 is 2. The van der Waals surface area contributed by atoms with Gasteiger partial charge in [-0.1, -0.05) is 49.4 Å². The first-order chi connectivity index (χ1) is 49.4. The Morgan fingerprint density at radius 3 is 1.84 bits per heavy atom. The van der Waals surface area contributed by atoms with Gasteiger partial charge in [-0.2, -0.15) is 0 Å². The molecule has 2 aliphatic carbocycles. The molecule has 572 valence electrons. The van der Waals surface area contributed by atoms with Crippen molar-refractivity contribution in [1.82, 2.24) is 26.6 Å². The van der Waals surface area contributed by atoms with Crippen molar-refractivity contribution in [2.45, 2.75) is 180 Å². The van der Waals surface area contributed by atoms with Crippen molar-refractivity contribution >= 4 is 52.9 Å². The lowest BCUT2D eigenvalue weighted by Crippen LogP contribution is -2.66. The van der Waals surface area contributed by atoms with Crippen LogP contribution >= 0.6 is 0 Å². The van der Waals surface area contributed by atoms with E-state index in [2.05, 4.69) is 26.6 Å². The zero-order chi connectivity index (χ0) is 75.8. The topological polar surface area (TPSA) is 578 Å². The molecule has 0 bridgehead atoms. The molecule has 0 spiro atoms. The van der Waals surface area contributed by atoms with Crippen molar-refractivity contribution in [3.63, 3.8) is 0 Å². The highest BCUT2D eigenvalue weighted by Gasteiger charge is 2.55. The lowest BCUT2D eigenvalue weighted by Gasteiger charge is -2.48. The van der Waals surface area contributed by atoms with Gasteiger partial charge in [0.1, 0.15) is 122 Å². The minimum atomic E-state index is -2.49. The number of ketones is 3. The number of carboxylic acid groups (broad SMARTS) is 1. The highest BCUT2D eigenvalue weighted by atomic mass is 16.8. The number of fused-ring (bicyclic) bond motifs is 3. The molecule has 0 radical (unpaired) electrons. The van der Waals surface area contributed by atoms with Crippen LogP contribution in [-0.4, -0.2) is 314 Å². The van der Waals surface area contributed by atoms with Gasteiger partial charge in [-0.05, 0) is 25.0 Å². The number of nitrogens with one attached hydrogen (secondary N) is 5. The van der Waals surface area contributed by atoms with Crippen LogP contribution in [0.1, 0.15) is 87.7 Å². The number of Topliss-reactive ketones (excluding diaryl/α,β-unsaturated/α-hetero) is 1. The molecule has 38 nitrogen and oxygen atoms in total. The number of carboxylic acids is 1. The molecule has 3 aromatic carbocycles. The van der Waals surface area contributed by atoms with Crippen molar-refractivity contribution in [3.05, 3.63) is 87.5 Å². The van der Waals surface area contributed by atoms with E-state index in [0.29, 0.717) is 5.56 Å². The Hall–Kier alpha value is -7.91. The number of aliphatic hydroxyl groups excluding tert-OH is 9. The molecule has 4 saturated heterocycles. The predicted molar refractivity (Wildman–Crippen MR) is 341 cm³/mol.